The fraction of sp³-hybridized carbons (Fsp3) is 0.292. The first kappa shape index (κ1) is 23.3. The number of hydrogen-bond donors (Lipinski definition) is 3. The Morgan fingerprint density at radius 2 is 1.82 bits per heavy atom. The Morgan fingerprint density at radius 3 is 2.47 bits per heavy atom. The van der Waals surface area contributed by atoms with Gasteiger partial charge in [0.05, 0.1) is 31.0 Å². The van der Waals surface area contributed by atoms with Crippen LogP contribution in [0.4, 0.5) is 0 Å². The van der Waals surface area contributed by atoms with Crippen molar-refractivity contribution < 1.29 is 29.3 Å². The quantitative estimate of drug-likeness (QED) is 0.478. The molecule has 1 fully saturated rings. The average molecular weight is 464 g/mol. The van der Waals surface area contributed by atoms with Gasteiger partial charge < -0.3 is 25.0 Å². The largest absolute Gasteiger partial charge is 0.504 e. The molecule has 176 valence electrons. The van der Waals surface area contributed by atoms with Gasteiger partial charge in [0.15, 0.2) is 17.7 Å². The first-order valence-electron chi connectivity index (χ1n) is 10.7. The first-order valence-corrected chi connectivity index (χ1v) is 10.7. The Labute approximate surface area is 195 Å². The highest BCUT2D eigenvalue weighted by Gasteiger charge is 2.26. The van der Waals surface area contributed by atoms with E-state index in [-0.39, 0.29) is 29.6 Å². The van der Waals surface area contributed by atoms with Crippen molar-refractivity contribution >= 4 is 11.9 Å². The summed E-state index contributed by atoms with van der Waals surface area (Å²) in [4.78, 5) is 35.5. The summed E-state index contributed by atoms with van der Waals surface area (Å²) >= 11 is 0. The number of nitrogens with one attached hydrogen (secondary N) is 1. The van der Waals surface area contributed by atoms with Crippen LogP contribution in [0.2, 0.25) is 0 Å². The number of nitrogens with zero attached hydrogens (tertiary/aromatic N) is 3. The first-order chi connectivity index (χ1) is 16.4. The average Bonchev–Trinajstić information content (AvgIpc) is 2.86. The summed E-state index contributed by atoms with van der Waals surface area (Å²) in [5.41, 5.74) is 2.94. The molecule has 1 aliphatic rings. The van der Waals surface area contributed by atoms with E-state index in [2.05, 4.69) is 20.3 Å². The molecule has 10 heteroatoms. The zero-order chi connectivity index (χ0) is 24.1. The van der Waals surface area contributed by atoms with Crippen LogP contribution in [0.3, 0.4) is 0 Å². The van der Waals surface area contributed by atoms with Gasteiger partial charge in [0.2, 0.25) is 0 Å². The van der Waals surface area contributed by atoms with E-state index in [1.807, 2.05) is 42.5 Å². The molecule has 1 aliphatic heterocycles. The van der Waals surface area contributed by atoms with Crippen molar-refractivity contribution in [2.45, 2.75) is 25.6 Å². The van der Waals surface area contributed by atoms with E-state index in [1.54, 1.807) is 6.20 Å². The number of carbonyl (C=O) groups is 2. The molecule has 2 aromatic heterocycles. The lowest BCUT2D eigenvalue weighted by atomic mass is 9.98. The zero-order valence-corrected chi connectivity index (χ0v) is 18.5. The van der Waals surface area contributed by atoms with E-state index in [4.69, 9.17) is 14.6 Å². The molecule has 4 rings (SSSR count). The molecule has 0 radical (unpaired) electrons. The lowest BCUT2D eigenvalue weighted by Gasteiger charge is -2.29. The number of aromatic hydroxyl groups is 1. The van der Waals surface area contributed by atoms with Crippen LogP contribution in [-0.4, -0.2) is 63.1 Å². The maximum Gasteiger partial charge on any atom is 0.322 e. The molecule has 0 bridgehead atoms. The summed E-state index contributed by atoms with van der Waals surface area (Å²) < 4.78 is 11.7. The van der Waals surface area contributed by atoms with E-state index >= 15 is 0 Å². The topological polar surface area (TPSA) is 144 Å². The van der Waals surface area contributed by atoms with Gasteiger partial charge in [0, 0.05) is 17.7 Å². The number of benzene rings is 1. The molecule has 10 nitrogen and oxygen atoms in total. The number of hydrogen-bond acceptors (Lipinski definition) is 8. The summed E-state index contributed by atoms with van der Waals surface area (Å²) in [5, 5.41) is 21.0. The minimum Gasteiger partial charge on any atom is -0.504 e. The number of amides is 1. The van der Waals surface area contributed by atoms with Crippen LogP contribution in [0, 0.1) is 6.92 Å². The maximum absolute atomic E-state index is 12.2. The second kappa shape index (κ2) is 10.4. The Morgan fingerprint density at radius 1 is 1.09 bits per heavy atom. The molecule has 0 unspecified atom stereocenters. The Hall–Kier alpha value is -3.89. The molecule has 1 amide bonds. The van der Waals surface area contributed by atoms with Gasteiger partial charge in [0.1, 0.15) is 12.4 Å². The third kappa shape index (κ3) is 5.53. The van der Waals surface area contributed by atoms with Gasteiger partial charge in [-0.2, -0.15) is 0 Å². The molecule has 1 aromatic carbocycles. The zero-order valence-electron chi connectivity index (χ0n) is 18.5. The molecule has 3 heterocycles. The van der Waals surface area contributed by atoms with Crippen molar-refractivity contribution in [3.8, 4) is 17.0 Å². The summed E-state index contributed by atoms with van der Waals surface area (Å²) in [6.07, 6.45) is 1.32. The predicted octanol–water partition coefficient (Wildman–Crippen LogP) is 2.07. The van der Waals surface area contributed by atoms with E-state index in [9.17, 15) is 14.7 Å². The molecular weight excluding hydrogens is 440 g/mol. The van der Waals surface area contributed by atoms with Crippen molar-refractivity contribution in [2.24, 2.45) is 0 Å². The van der Waals surface area contributed by atoms with E-state index in [1.165, 1.54) is 6.92 Å². The van der Waals surface area contributed by atoms with Crippen LogP contribution in [0.25, 0.3) is 11.3 Å². The van der Waals surface area contributed by atoms with Crippen LogP contribution in [0.5, 0.6) is 5.75 Å². The molecule has 34 heavy (non-hydrogen) atoms. The number of aromatic nitrogens is 3. The van der Waals surface area contributed by atoms with Crippen LogP contribution in [0.1, 0.15) is 33.5 Å². The van der Waals surface area contributed by atoms with Gasteiger partial charge in [-0.15, -0.1) is 0 Å². The number of ether oxygens (including phenoxy) is 2. The smallest absolute Gasteiger partial charge is 0.322 e. The molecule has 0 atom stereocenters. The molecule has 3 N–H and O–H groups in total. The number of aliphatic carboxylic acids is 1. The van der Waals surface area contributed by atoms with Gasteiger partial charge in [-0.1, -0.05) is 30.3 Å². The molecule has 0 aliphatic carbocycles. The van der Waals surface area contributed by atoms with Gasteiger partial charge in [0.25, 0.3) is 5.91 Å². The number of aryl methyl sites for hydroxylation is 1. The Bertz CT molecular complexity index is 1160. The minimum atomic E-state index is -1.20. The molecule has 0 saturated carbocycles. The Balaban J connectivity index is 1.37. The monoisotopic (exact) mass is 464 g/mol. The van der Waals surface area contributed by atoms with Crippen molar-refractivity contribution in [3.63, 3.8) is 0 Å². The van der Waals surface area contributed by atoms with E-state index in [0.717, 1.165) is 16.8 Å². The van der Waals surface area contributed by atoms with E-state index < -0.39 is 30.5 Å². The molecule has 0 spiro atoms. The molecule has 3 aromatic rings. The second-order valence-electron chi connectivity index (χ2n) is 7.83. The van der Waals surface area contributed by atoms with Crippen molar-refractivity contribution in [1.29, 1.82) is 0 Å². The van der Waals surface area contributed by atoms with Crippen LogP contribution in [0.15, 0.2) is 48.7 Å². The highest BCUT2D eigenvalue weighted by Crippen LogP contribution is 2.26. The summed E-state index contributed by atoms with van der Waals surface area (Å²) in [7, 11) is 0. The van der Waals surface area contributed by atoms with Gasteiger partial charge >= 0.3 is 5.97 Å². The summed E-state index contributed by atoms with van der Waals surface area (Å²) in [5.74, 6) is -2.09. The number of pyridine rings is 1. The fourth-order valence-corrected chi connectivity index (χ4v) is 3.58. The fourth-order valence-electron chi connectivity index (χ4n) is 3.58. The van der Waals surface area contributed by atoms with Crippen LogP contribution in [-0.2, 0) is 20.7 Å². The number of carboxylic acids is 1. The number of carboxylic acid groups (broad SMARTS) is 1. The summed E-state index contributed by atoms with van der Waals surface area (Å²) in [6, 6.07) is 13.9. The maximum atomic E-state index is 12.2. The Kier molecular flexibility index (Phi) is 7.09. The lowest BCUT2D eigenvalue weighted by Crippen LogP contribution is -2.33. The van der Waals surface area contributed by atoms with Crippen molar-refractivity contribution in [2.75, 3.05) is 19.8 Å². The van der Waals surface area contributed by atoms with E-state index in [0.29, 0.717) is 13.2 Å². The van der Waals surface area contributed by atoms with Gasteiger partial charge in [-0.3, -0.25) is 14.6 Å². The van der Waals surface area contributed by atoms with Crippen molar-refractivity contribution in [3.05, 3.63) is 71.4 Å². The number of carbonyl (C=O) groups excluding carboxylic acids is 1. The highest BCUT2D eigenvalue weighted by atomic mass is 16.7. The van der Waals surface area contributed by atoms with Gasteiger partial charge in [-0.05, 0) is 24.6 Å². The van der Waals surface area contributed by atoms with Crippen LogP contribution < -0.4 is 5.32 Å². The molecular formula is C24H24N4O6. The van der Waals surface area contributed by atoms with Crippen LogP contribution >= 0.6 is 0 Å². The lowest BCUT2D eigenvalue weighted by molar-refractivity contribution is -0.186. The highest BCUT2D eigenvalue weighted by molar-refractivity contribution is 5.96. The van der Waals surface area contributed by atoms with Gasteiger partial charge in [-0.25, -0.2) is 9.97 Å². The second-order valence-corrected chi connectivity index (χ2v) is 7.83. The number of rotatable bonds is 7. The minimum absolute atomic E-state index is 0.0638. The summed E-state index contributed by atoms with van der Waals surface area (Å²) in [6.45, 7) is 1.82. The SMILES string of the molecule is Cc1nc(CC2OCC(c3ccc(-c4ccccn4)cc3)CO2)nc(C(=O)NCC(=O)O)c1O. The molecule has 1 saturated heterocycles. The third-order valence-corrected chi connectivity index (χ3v) is 5.38. The standard InChI is InChI=1S/C24H24N4O6/c1-14-23(31)22(24(32)26-11-20(29)30)28-19(27-14)10-21-33-12-17(13-34-21)15-5-7-16(8-6-15)18-4-2-3-9-25-18/h2-9,17,21,31H,10-13H2,1H3,(H,26,32)(H,29,30). The third-order valence-electron chi connectivity index (χ3n) is 5.38. The van der Waals surface area contributed by atoms with Crippen molar-refractivity contribution in [1.82, 2.24) is 20.3 Å². The normalized spacial score (nSPS) is 17.8. The predicted molar refractivity (Wildman–Crippen MR) is 120 cm³/mol.